The number of hydrogen-bond acceptors (Lipinski definition) is 3. The molecular weight excluding hydrogens is 290 g/mol. The minimum absolute atomic E-state index is 0.0250. The molecule has 1 saturated heterocycles. The van der Waals surface area contributed by atoms with Gasteiger partial charge in [-0.15, -0.1) is 0 Å². The van der Waals surface area contributed by atoms with Crippen LogP contribution in [0.4, 0.5) is 0 Å². The molecule has 0 amide bonds. The number of rotatable bonds is 4. The molecule has 116 valence electrons. The number of carboxylic acids is 1. The fourth-order valence-electron chi connectivity index (χ4n) is 2.84. The molecule has 2 rings (SSSR count). The number of sulfonamides is 1. The van der Waals surface area contributed by atoms with Crippen LogP contribution in [0.5, 0.6) is 0 Å². The van der Waals surface area contributed by atoms with Crippen LogP contribution in [0.3, 0.4) is 0 Å². The molecule has 21 heavy (non-hydrogen) atoms. The molecule has 0 aliphatic carbocycles. The minimum atomic E-state index is -3.36. The highest BCUT2D eigenvalue weighted by Gasteiger charge is 2.31. The predicted molar refractivity (Wildman–Crippen MR) is 80.6 cm³/mol. The number of carbonyl (C=O) groups is 1. The van der Waals surface area contributed by atoms with Crippen molar-refractivity contribution < 1.29 is 18.3 Å². The minimum Gasteiger partial charge on any atom is -0.478 e. The molecule has 6 heteroatoms. The third-order valence-corrected chi connectivity index (χ3v) is 5.94. The van der Waals surface area contributed by atoms with Gasteiger partial charge in [0.2, 0.25) is 10.0 Å². The number of carboxylic acid groups (broad SMARTS) is 1. The van der Waals surface area contributed by atoms with Gasteiger partial charge < -0.3 is 5.11 Å². The van der Waals surface area contributed by atoms with Crippen LogP contribution in [0.2, 0.25) is 0 Å². The molecule has 2 unspecified atom stereocenters. The van der Waals surface area contributed by atoms with Crippen LogP contribution in [0, 0.1) is 5.92 Å². The van der Waals surface area contributed by atoms with Gasteiger partial charge in [0.25, 0.3) is 0 Å². The van der Waals surface area contributed by atoms with Gasteiger partial charge in [-0.3, -0.25) is 0 Å². The van der Waals surface area contributed by atoms with Crippen LogP contribution < -0.4 is 0 Å². The summed E-state index contributed by atoms with van der Waals surface area (Å²) in [6, 6.07) is 6.04. The first-order valence-electron chi connectivity index (χ1n) is 7.11. The van der Waals surface area contributed by atoms with Crippen LogP contribution >= 0.6 is 0 Å². The van der Waals surface area contributed by atoms with Crippen molar-refractivity contribution >= 4 is 16.0 Å². The van der Waals surface area contributed by atoms with Crippen molar-refractivity contribution in [1.29, 1.82) is 0 Å². The Kier molecular flexibility index (Phi) is 4.68. The molecule has 0 radical (unpaired) electrons. The number of hydrogen-bond donors (Lipinski definition) is 1. The molecule has 1 aromatic rings. The Morgan fingerprint density at radius 1 is 1.29 bits per heavy atom. The van der Waals surface area contributed by atoms with Crippen LogP contribution in [0.15, 0.2) is 24.3 Å². The Balaban J connectivity index is 2.12. The molecular formula is C15H21NO4S. The third kappa shape index (κ3) is 3.83. The smallest absolute Gasteiger partial charge is 0.335 e. The number of benzene rings is 1. The Bertz CT molecular complexity index is 609. The average molecular weight is 311 g/mol. The van der Waals surface area contributed by atoms with E-state index in [0.29, 0.717) is 18.0 Å². The highest BCUT2D eigenvalue weighted by Crippen LogP contribution is 2.26. The van der Waals surface area contributed by atoms with Crippen molar-refractivity contribution in [2.75, 3.05) is 6.54 Å². The molecule has 1 aromatic carbocycles. The number of aromatic carboxylic acids is 1. The Hall–Kier alpha value is -1.40. The summed E-state index contributed by atoms with van der Waals surface area (Å²) in [5, 5.41) is 8.85. The van der Waals surface area contributed by atoms with Crippen molar-refractivity contribution in [3.05, 3.63) is 35.4 Å². The van der Waals surface area contributed by atoms with E-state index in [4.69, 9.17) is 5.11 Å². The van der Waals surface area contributed by atoms with Crippen LogP contribution in [-0.2, 0) is 15.8 Å². The molecule has 2 atom stereocenters. The lowest BCUT2D eigenvalue weighted by molar-refractivity contribution is 0.0697. The quantitative estimate of drug-likeness (QED) is 0.926. The molecule has 0 bridgehead atoms. The molecule has 1 aliphatic heterocycles. The maximum atomic E-state index is 12.5. The summed E-state index contributed by atoms with van der Waals surface area (Å²) in [7, 11) is -3.36. The van der Waals surface area contributed by atoms with Gasteiger partial charge in [-0.25, -0.2) is 13.2 Å². The van der Waals surface area contributed by atoms with Crippen LogP contribution in [0.1, 0.15) is 42.6 Å². The van der Waals surface area contributed by atoms with E-state index in [1.54, 1.807) is 16.4 Å². The van der Waals surface area contributed by atoms with E-state index in [1.807, 2.05) is 6.92 Å². The first-order chi connectivity index (χ1) is 9.79. The summed E-state index contributed by atoms with van der Waals surface area (Å²) in [6.07, 6.45) is 1.78. The highest BCUT2D eigenvalue weighted by molar-refractivity contribution is 7.88. The lowest BCUT2D eigenvalue weighted by Gasteiger charge is -2.35. The molecule has 0 spiro atoms. The summed E-state index contributed by atoms with van der Waals surface area (Å²) in [6.45, 7) is 4.66. The lowest BCUT2D eigenvalue weighted by atomic mass is 9.95. The lowest BCUT2D eigenvalue weighted by Crippen LogP contribution is -2.44. The van der Waals surface area contributed by atoms with Crippen molar-refractivity contribution in [1.82, 2.24) is 4.31 Å². The van der Waals surface area contributed by atoms with Gasteiger partial charge in [0.15, 0.2) is 0 Å². The molecule has 0 aromatic heterocycles. The van der Waals surface area contributed by atoms with Gasteiger partial charge in [-0.1, -0.05) is 19.1 Å². The largest absolute Gasteiger partial charge is 0.478 e. The standard InChI is InChI=1S/C15H21NO4S/c1-11-7-8-16(12(2)9-11)21(19,20)10-13-3-5-14(6-4-13)15(17)18/h3-6,11-12H,7-10H2,1-2H3,(H,17,18). The van der Waals surface area contributed by atoms with Crippen LogP contribution in [0.25, 0.3) is 0 Å². The molecule has 1 N–H and O–H groups in total. The van der Waals surface area contributed by atoms with Gasteiger partial charge in [-0.2, -0.15) is 4.31 Å². The molecule has 1 heterocycles. The van der Waals surface area contributed by atoms with Gasteiger partial charge in [0, 0.05) is 12.6 Å². The van der Waals surface area contributed by atoms with E-state index in [-0.39, 0.29) is 17.4 Å². The topological polar surface area (TPSA) is 74.7 Å². The predicted octanol–water partition coefficient (Wildman–Crippen LogP) is 2.34. The average Bonchev–Trinajstić information content (AvgIpc) is 2.38. The zero-order valence-electron chi connectivity index (χ0n) is 12.3. The first kappa shape index (κ1) is 16.0. The second-order valence-electron chi connectivity index (χ2n) is 5.85. The Morgan fingerprint density at radius 2 is 1.90 bits per heavy atom. The molecule has 0 saturated carbocycles. The van der Waals surface area contributed by atoms with E-state index < -0.39 is 16.0 Å². The van der Waals surface area contributed by atoms with Crippen molar-refractivity contribution in [3.63, 3.8) is 0 Å². The normalized spacial score (nSPS) is 23.9. The molecule has 5 nitrogen and oxygen atoms in total. The zero-order chi connectivity index (χ0) is 15.6. The first-order valence-corrected chi connectivity index (χ1v) is 8.72. The maximum absolute atomic E-state index is 12.5. The van der Waals surface area contributed by atoms with Gasteiger partial charge >= 0.3 is 5.97 Å². The van der Waals surface area contributed by atoms with E-state index in [2.05, 4.69) is 6.92 Å². The van der Waals surface area contributed by atoms with E-state index >= 15 is 0 Å². The Morgan fingerprint density at radius 3 is 2.43 bits per heavy atom. The second-order valence-corrected chi connectivity index (χ2v) is 7.77. The summed E-state index contributed by atoms with van der Waals surface area (Å²) in [5.41, 5.74) is 0.780. The SMILES string of the molecule is CC1CCN(S(=O)(=O)Cc2ccc(C(=O)O)cc2)C(C)C1. The fraction of sp³-hybridized carbons (Fsp3) is 0.533. The maximum Gasteiger partial charge on any atom is 0.335 e. The molecule has 1 aliphatic rings. The van der Waals surface area contributed by atoms with E-state index in [9.17, 15) is 13.2 Å². The van der Waals surface area contributed by atoms with E-state index in [0.717, 1.165) is 12.8 Å². The fourth-order valence-corrected chi connectivity index (χ4v) is 4.63. The summed E-state index contributed by atoms with van der Waals surface area (Å²) >= 11 is 0. The van der Waals surface area contributed by atoms with Crippen molar-refractivity contribution in [3.8, 4) is 0 Å². The van der Waals surface area contributed by atoms with E-state index in [1.165, 1.54) is 12.1 Å². The van der Waals surface area contributed by atoms with Gasteiger partial charge in [0.1, 0.15) is 0 Å². The zero-order valence-corrected chi connectivity index (χ0v) is 13.1. The van der Waals surface area contributed by atoms with Crippen molar-refractivity contribution in [2.24, 2.45) is 5.92 Å². The van der Waals surface area contributed by atoms with Gasteiger partial charge in [-0.05, 0) is 43.4 Å². The summed E-state index contributed by atoms with van der Waals surface area (Å²) in [4.78, 5) is 10.8. The third-order valence-electron chi connectivity index (χ3n) is 3.98. The van der Waals surface area contributed by atoms with Gasteiger partial charge in [0.05, 0.1) is 11.3 Å². The molecule has 1 fully saturated rings. The second kappa shape index (κ2) is 6.15. The van der Waals surface area contributed by atoms with Crippen molar-refractivity contribution in [2.45, 2.75) is 38.5 Å². The number of piperidine rings is 1. The Labute approximate surface area is 125 Å². The monoisotopic (exact) mass is 311 g/mol. The summed E-state index contributed by atoms with van der Waals surface area (Å²) in [5.74, 6) is -0.532. The highest BCUT2D eigenvalue weighted by atomic mass is 32.2. The van der Waals surface area contributed by atoms with Crippen LogP contribution in [-0.4, -0.2) is 36.4 Å². The number of nitrogens with zero attached hydrogens (tertiary/aromatic N) is 1. The summed E-state index contributed by atoms with van der Waals surface area (Å²) < 4.78 is 26.6.